The van der Waals surface area contributed by atoms with Gasteiger partial charge in [0.05, 0.1) is 17.2 Å². The molecule has 0 radical (unpaired) electrons. The van der Waals surface area contributed by atoms with Crippen molar-refractivity contribution in [2.45, 2.75) is 24.9 Å². The predicted octanol–water partition coefficient (Wildman–Crippen LogP) is 6.85. The zero-order chi connectivity index (χ0) is 34.4. The monoisotopic (exact) mass is 680 g/mol. The molecule has 248 valence electrons. The second-order valence-electron chi connectivity index (χ2n) is 10.3. The minimum Gasteiger partial charge on any atom is -0.406 e. The number of halogens is 6. The lowest BCUT2D eigenvalue weighted by molar-refractivity contribution is -0.274. The van der Waals surface area contributed by atoms with Gasteiger partial charge in [-0.2, -0.15) is 21.6 Å². The highest BCUT2D eigenvalue weighted by Gasteiger charge is 2.32. The Balaban J connectivity index is 1.50. The average molecular weight is 681 g/mol. The van der Waals surface area contributed by atoms with Crippen LogP contribution in [0.2, 0.25) is 0 Å². The van der Waals surface area contributed by atoms with Gasteiger partial charge >= 0.3 is 12.5 Å². The van der Waals surface area contributed by atoms with E-state index >= 15 is 0 Å². The minimum absolute atomic E-state index is 0.0340. The number of anilines is 1. The van der Waals surface area contributed by atoms with Gasteiger partial charge in [-0.1, -0.05) is 48.5 Å². The molecule has 47 heavy (non-hydrogen) atoms. The normalized spacial score (nSPS) is 12.7. The molecular weight excluding hydrogens is 654 g/mol. The van der Waals surface area contributed by atoms with Gasteiger partial charge < -0.3 is 15.4 Å². The smallest absolute Gasteiger partial charge is 0.406 e. The van der Waals surface area contributed by atoms with Gasteiger partial charge in [0.15, 0.2) is 0 Å². The molecule has 0 heterocycles. The molecule has 4 aromatic carbocycles. The van der Waals surface area contributed by atoms with Gasteiger partial charge in [-0.3, -0.25) is 14.1 Å². The van der Waals surface area contributed by atoms with Crippen LogP contribution in [0.3, 0.4) is 0 Å². The summed E-state index contributed by atoms with van der Waals surface area (Å²) in [7, 11) is -4.26. The van der Waals surface area contributed by atoms with Gasteiger partial charge in [-0.15, -0.1) is 13.2 Å². The van der Waals surface area contributed by atoms with E-state index in [9.17, 15) is 44.3 Å². The number of hydrogen-bond acceptors (Lipinski definition) is 5. The molecule has 0 saturated carbocycles. The van der Waals surface area contributed by atoms with Crippen LogP contribution in [0.1, 0.15) is 33.0 Å². The summed E-state index contributed by atoms with van der Waals surface area (Å²) in [6.07, 6.45) is -9.37. The van der Waals surface area contributed by atoms with Crippen molar-refractivity contribution in [1.29, 1.82) is 0 Å². The summed E-state index contributed by atoms with van der Waals surface area (Å²) in [6.45, 7) is -0.320. The molecule has 4 aromatic rings. The largest absolute Gasteiger partial charge is 0.573 e. The van der Waals surface area contributed by atoms with Crippen LogP contribution in [0.25, 0.3) is 11.1 Å². The van der Waals surface area contributed by atoms with Crippen LogP contribution in [0, 0.1) is 0 Å². The lowest BCUT2D eigenvalue weighted by atomic mass is 9.90. The van der Waals surface area contributed by atoms with Crippen LogP contribution in [-0.2, 0) is 27.5 Å². The molecular formula is C32H26F6N2O6S. The average Bonchev–Trinajstić information content (AvgIpc) is 2.99. The molecule has 0 aromatic heterocycles. The molecule has 0 bridgehead atoms. The van der Waals surface area contributed by atoms with Crippen molar-refractivity contribution < 1.29 is 53.6 Å². The number of carbonyl (C=O) groups is 2. The van der Waals surface area contributed by atoms with Crippen molar-refractivity contribution in [1.82, 2.24) is 5.32 Å². The Morgan fingerprint density at radius 3 is 1.83 bits per heavy atom. The summed E-state index contributed by atoms with van der Waals surface area (Å²) in [6, 6.07) is 21.7. The number of alkyl halides is 6. The Morgan fingerprint density at radius 2 is 1.32 bits per heavy atom. The maximum atomic E-state index is 13.5. The zero-order valence-electron chi connectivity index (χ0n) is 24.1. The van der Waals surface area contributed by atoms with E-state index in [1.807, 2.05) is 0 Å². The Kier molecular flexibility index (Phi) is 10.6. The first-order valence-corrected chi connectivity index (χ1v) is 15.3. The van der Waals surface area contributed by atoms with E-state index in [-0.39, 0.29) is 24.3 Å². The van der Waals surface area contributed by atoms with Gasteiger partial charge in [0.2, 0.25) is 5.91 Å². The van der Waals surface area contributed by atoms with Crippen molar-refractivity contribution in [3.8, 4) is 16.9 Å². The first kappa shape index (κ1) is 35.0. The van der Waals surface area contributed by atoms with Crippen molar-refractivity contribution in [2.75, 3.05) is 17.6 Å². The molecule has 0 aliphatic rings. The van der Waals surface area contributed by atoms with Crippen LogP contribution >= 0.6 is 0 Å². The minimum atomic E-state index is -4.82. The quantitative estimate of drug-likeness (QED) is 0.118. The van der Waals surface area contributed by atoms with Crippen molar-refractivity contribution in [2.24, 2.45) is 0 Å². The van der Waals surface area contributed by atoms with Crippen LogP contribution < -0.4 is 15.4 Å². The Hall–Kier alpha value is -4.89. The molecule has 2 amide bonds. The second kappa shape index (κ2) is 14.3. The fourth-order valence-corrected chi connectivity index (χ4v) is 4.87. The van der Waals surface area contributed by atoms with E-state index < -0.39 is 51.7 Å². The van der Waals surface area contributed by atoms with Gasteiger partial charge in [0, 0.05) is 17.8 Å². The fourth-order valence-electron chi connectivity index (χ4n) is 4.51. The number of amides is 2. The summed E-state index contributed by atoms with van der Waals surface area (Å²) in [5.74, 6) is -3.16. The van der Waals surface area contributed by atoms with Gasteiger partial charge in [0.25, 0.3) is 16.0 Å². The maximum Gasteiger partial charge on any atom is 0.573 e. The molecule has 0 aliphatic heterocycles. The molecule has 0 spiro atoms. The van der Waals surface area contributed by atoms with E-state index in [1.54, 1.807) is 36.4 Å². The SMILES string of the molecule is O=C(NCCS(=O)(=O)O)c1ccc(CC(C(=O)Nc2ccc(-c3ccc(OC(F)(F)F)cc3)cc2)c2ccc(C(F)(F)F)cc2)cc1. The van der Waals surface area contributed by atoms with Crippen molar-refractivity contribution >= 4 is 27.6 Å². The lowest BCUT2D eigenvalue weighted by Gasteiger charge is -2.19. The molecule has 15 heteroatoms. The van der Waals surface area contributed by atoms with Crippen LogP contribution in [0.5, 0.6) is 5.75 Å². The van der Waals surface area contributed by atoms with E-state index in [2.05, 4.69) is 15.4 Å². The van der Waals surface area contributed by atoms with Crippen molar-refractivity contribution in [3.05, 3.63) is 119 Å². The van der Waals surface area contributed by atoms with E-state index in [1.165, 1.54) is 36.4 Å². The van der Waals surface area contributed by atoms with Gasteiger partial charge in [-0.25, -0.2) is 0 Å². The fraction of sp³-hybridized carbons (Fsp3) is 0.188. The third kappa shape index (κ3) is 10.6. The van der Waals surface area contributed by atoms with E-state index in [0.717, 1.165) is 24.3 Å². The molecule has 3 N–H and O–H groups in total. The van der Waals surface area contributed by atoms with Crippen molar-refractivity contribution in [3.63, 3.8) is 0 Å². The van der Waals surface area contributed by atoms with Crippen LogP contribution in [0.4, 0.5) is 32.0 Å². The Labute approximate surface area is 265 Å². The molecule has 0 fully saturated rings. The molecule has 0 saturated heterocycles. The Bertz CT molecular complexity index is 1790. The second-order valence-corrected chi connectivity index (χ2v) is 11.8. The summed E-state index contributed by atoms with van der Waals surface area (Å²) in [4.78, 5) is 25.8. The number of benzene rings is 4. The first-order chi connectivity index (χ1) is 22.0. The maximum absolute atomic E-state index is 13.5. The van der Waals surface area contributed by atoms with Gasteiger partial charge in [-0.05, 0) is 77.2 Å². The third-order valence-corrected chi connectivity index (χ3v) is 7.55. The summed E-state index contributed by atoms with van der Waals surface area (Å²) in [5.41, 5.74) is 1.69. The van der Waals surface area contributed by atoms with E-state index in [0.29, 0.717) is 27.9 Å². The standard InChI is InChI=1S/C32H26F6N2O6S/c33-31(34,35)25-11-5-23(6-12-25)28(19-20-1-3-24(4-2-20)29(41)39-17-18-47(43,44)45)30(42)40-26-13-7-21(8-14-26)22-9-15-27(16-10-22)46-32(36,37)38/h1-16,28H,17-19H2,(H,39,41)(H,40,42)(H,43,44,45). The summed E-state index contributed by atoms with van der Waals surface area (Å²) in [5, 5.41) is 5.09. The zero-order valence-corrected chi connectivity index (χ0v) is 24.9. The molecule has 4 rings (SSSR count). The number of hydrogen-bond donors (Lipinski definition) is 3. The molecule has 1 atom stereocenters. The molecule has 1 unspecified atom stereocenters. The summed E-state index contributed by atoms with van der Waals surface area (Å²) >= 11 is 0. The number of ether oxygens (including phenoxy) is 1. The Morgan fingerprint density at radius 1 is 0.766 bits per heavy atom. The van der Waals surface area contributed by atoms with Crippen LogP contribution in [-0.4, -0.2) is 43.4 Å². The lowest BCUT2D eigenvalue weighted by Crippen LogP contribution is -2.28. The predicted molar refractivity (Wildman–Crippen MR) is 160 cm³/mol. The van der Waals surface area contributed by atoms with Gasteiger partial charge in [0.1, 0.15) is 5.75 Å². The molecule has 8 nitrogen and oxygen atoms in total. The van der Waals surface area contributed by atoms with E-state index in [4.69, 9.17) is 4.55 Å². The topological polar surface area (TPSA) is 122 Å². The number of carbonyl (C=O) groups excluding carboxylic acids is 2. The highest BCUT2D eigenvalue weighted by atomic mass is 32.2. The first-order valence-electron chi connectivity index (χ1n) is 13.7. The number of nitrogens with one attached hydrogen (secondary N) is 2. The summed E-state index contributed by atoms with van der Waals surface area (Å²) < 4.78 is 111. The molecule has 0 aliphatic carbocycles. The number of rotatable bonds is 11. The highest BCUT2D eigenvalue weighted by Crippen LogP contribution is 2.32. The van der Waals surface area contributed by atoms with Crippen LogP contribution in [0.15, 0.2) is 97.1 Å². The highest BCUT2D eigenvalue weighted by molar-refractivity contribution is 7.85. The third-order valence-electron chi connectivity index (χ3n) is 6.83.